The smallest absolute Gasteiger partial charge is 0.263 e. The van der Waals surface area contributed by atoms with E-state index in [-0.39, 0.29) is 11.9 Å². The topological polar surface area (TPSA) is 72.7 Å². The molecule has 1 atom stereocenters. The van der Waals surface area contributed by atoms with E-state index in [0.717, 1.165) is 16.3 Å². The van der Waals surface area contributed by atoms with Gasteiger partial charge >= 0.3 is 0 Å². The van der Waals surface area contributed by atoms with Crippen molar-refractivity contribution in [2.24, 2.45) is 0 Å². The highest BCUT2D eigenvalue weighted by Crippen LogP contribution is 2.28. The molecule has 0 aliphatic heterocycles. The number of halogens is 1. The Labute approximate surface area is 148 Å². The molecule has 0 spiro atoms. The summed E-state index contributed by atoms with van der Waals surface area (Å²) in [6.45, 7) is 4.33. The van der Waals surface area contributed by atoms with Crippen molar-refractivity contribution in [2.75, 3.05) is 0 Å². The number of nitrogens with zero attached hydrogens (tertiary/aromatic N) is 4. The van der Waals surface area contributed by atoms with Gasteiger partial charge in [-0.25, -0.2) is 9.97 Å². The Balaban J connectivity index is 1.72. The predicted molar refractivity (Wildman–Crippen MR) is 94.2 cm³/mol. The lowest BCUT2D eigenvalue weighted by molar-refractivity contribution is 0.0939. The summed E-state index contributed by atoms with van der Waals surface area (Å²) < 4.78 is 1.68. The van der Waals surface area contributed by atoms with Crippen LogP contribution < -0.4 is 5.32 Å². The molecule has 124 valence electrons. The average molecular weight is 362 g/mol. The predicted octanol–water partition coefficient (Wildman–Crippen LogP) is 3.18. The first-order chi connectivity index (χ1) is 11.5. The number of hydrogen-bond acceptors (Lipinski definition) is 5. The first-order valence-corrected chi connectivity index (χ1v) is 8.59. The molecule has 0 aliphatic carbocycles. The number of amides is 1. The minimum atomic E-state index is -0.127. The minimum absolute atomic E-state index is 0.0697. The molecule has 0 saturated heterocycles. The molecule has 6 nitrogen and oxygen atoms in total. The number of rotatable bonds is 5. The molecule has 1 unspecified atom stereocenters. The summed E-state index contributed by atoms with van der Waals surface area (Å²) in [4.78, 5) is 21.5. The molecule has 0 fully saturated rings. The summed E-state index contributed by atoms with van der Waals surface area (Å²) in [5, 5.41) is 8.49. The molecule has 2 heterocycles. The Bertz CT molecular complexity index is 829. The van der Waals surface area contributed by atoms with E-state index in [1.165, 1.54) is 17.7 Å². The van der Waals surface area contributed by atoms with Crippen molar-refractivity contribution in [3.8, 4) is 10.6 Å². The second kappa shape index (κ2) is 7.11. The van der Waals surface area contributed by atoms with Gasteiger partial charge in [-0.1, -0.05) is 23.7 Å². The van der Waals surface area contributed by atoms with Gasteiger partial charge in [0.05, 0.1) is 12.2 Å². The maximum Gasteiger partial charge on any atom is 0.263 e. The summed E-state index contributed by atoms with van der Waals surface area (Å²) >= 11 is 7.28. The van der Waals surface area contributed by atoms with Gasteiger partial charge in [0.2, 0.25) is 0 Å². The molecule has 0 aliphatic rings. The number of hydrogen-bond donors (Lipinski definition) is 1. The molecule has 1 aromatic carbocycles. The summed E-state index contributed by atoms with van der Waals surface area (Å²) in [6.07, 6.45) is 3.10. The van der Waals surface area contributed by atoms with Crippen LogP contribution in [0.4, 0.5) is 0 Å². The first kappa shape index (κ1) is 16.6. The zero-order valence-electron chi connectivity index (χ0n) is 13.2. The zero-order chi connectivity index (χ0) is 17.1. The van der Waals surface area contributed by atoms with Gasteiger partial charge in [-0.15, -0.1) is 11.3 Å². The zero-order valence-corrected chi connectivity index (χ0v) is 14.8. The van der Waals surface area contributed by atoms with Crippen LogP contribution in [0.5, 0.6) is 0 Å². The van der Waals surface area contributed by atoms with E-state index in [4.69, 9.17) is 11.6 Å². The van der Waals surface area contributed by atoms with Crippen LogP contribution in [0.15, 0.2) is 36.9 Å². The van der Waals surface area contributed by atoms with Crippen molar-refractivity contribution in [3.63, 3.8) is 0 Å². The lowest BCUT2D eigenvalue weighted by atomic mass is 10.2. The molecule has 1 N–H and O–H groups in total. The van der Waals surface area contributed by atoms with Crippen LogP contribution in [-0.2, 0) is 6.54 Å². The third-order valence-corrected chi connectivity index (χ3v) is 4.86. The fourth-order valence-corrected chi connectivity index (χ4v) is 3.37. The fraction of sp³-hybridized carbons (Fsp3) is 0.250. The molecule has 2 aromatic heterocycles. The lowest BCUT2D eigenvalue weighted by Gasteiger charge is -2.12. The monoisotopic (exact) mass is 361 g/mol. The summed E-state index contributed by atoms with van der Waals surface area (Å²) in [5.41, 5.74) is 1.66. The van der Waals surface area contributed by atoms with E-state index >= 15 is 0 Å². The second-order valence-electron chi connectivity index (χ2n) is 5.43. The van der Waals surface area contributed by atoms with Crippen LogP contribution in [0.1, 0.15) is 22.3 Å². The van der Waals surface area contributed by atoms with E-state index in [9.17, 15) is 4.79 Å². The van der Waals surface area contributed by atoms with E-state index in [1.807, 2.05) is 38.1 Å². The minimum Gasteiger partial charge on any atom is -0.347 e. The highest BCUT2D eigenvalue weighted by molar-refractivity contribution is 7.17. The van der Waals surface area contributed by atoms with E-state index in [2.05, 4.69) is 20.4 Å². The number of aryl methyl sites for hydroxylation is 1. The van der Waals surface area contributed by atoms with Gasteiger partial charge in [0.15, 0.2) is 0 Å². The average Bonchev–Trinajstić information content (AvgIpc) is 3.17. The van der Waals surface area contributed by atoms with Gasteiger partial charge in [0.1, 0.15) is 22.5 Å². The Kier molecular flexibility index (Phi) is 4.92. The number of thiazole rings is 1. The van der Waals surface area contributed by atoms with Gasteiger partial charge in [0.25, 0.3) is 5.91 Å². The number of benzene rings is 1. The molecule has 0 bridgehead atoms. The summed E-state index contributed by atoms with van der Waals surface area (Å²) in [7, 11) is 0. The quantitative estimate of drug-likeness (QED) is 0.757. The third-order valence-electron chi connectivity index (χ3n) is 3.40. The second-order valence-corrected chi connectivity index (χ2v) is 6.87. The van der Waals surface area contributed by atoms with Crippen LogP contribution >= 0.6 is 22.9 Å². The van der Waals surface area contributed by atoms with Crippen molar-refractivity contribution >= 4 is 28.8 Å². The molecule has 3 rings (SSSR count). The van der Waals surface area contributed by atoms with Crippen molar-refractivity contribution in [1.82, 2.24) is 25.1 Å². The lowest BCUT2D eigenvalue weighted by Crippen LogP contribution is -2.35. The van der Waals surface area contributed by atoms with Gasteiger partial charge in [-0.05, 0) is 26.0 Å². The van der Waals surface area contributed by atoms with Crippen molar-refractivity contribution in [1.29, 1.82) is 0 Å². The van der Waals surface area contributed by atoms with E-state index < -0.39 is 0 Å². The molecule has 0 saturated carbocycles. The number of carbonyl (C=O) groups is 1. The molecular weight excluding hydrogens is 346 g/mol. The van der Waals surface area contributed by atoms with Crippen LogP contribution in [0, 0.1) is 6.92 Å². The summed E-state index contributed by atoms with van der Waals surface area (Å²) in [5.74, 6) is -0.127. The molecule has 24 heavy (non-hydrogen) atoms. The molecule has 0 radical (unpaired) electrons. The summed E-state index contributed by atoms with van der Waals surface area (Å²) in [6, 6.07) is 7.35. The maximum absolute atomic E-state index is 12.5. The van der Waals surface area contributed by atoms with Crippen LogP contribution in [0.25, 0.3) is 10.6 Å². The standard InChI is InChI=1S/C16H16ClN5OS/c1-10(7-22-9-18-8-19-22)20-15(23)14-11(2)21-16(24-14)12-3-5-13(17)6-4-12/h3-6,8-10H,7H2,1-2H3,(H,20,23). The maximum atomic E-state index is 12.5. The fourth-order valence-electron chi connectivity index (χ4n) is 2.27. The highest BCUT2D eigenvalue weighted by Gasteiger charge is 2.18. The van der Waals surface area contributed by atoms with Crippen LogP contribution in [-0.4, -0.2) is 31.7 Å². The van der Waals surface area contributed by atoms with E-state index in [0.29, 0.717) is 16.4 Å². The molecule has 1 amide bonds. The highest BCUT2D eigenvalue weighted by atomic mass is 35.5. The molecular formula is C16H16ClN5OS. The van der Waals surface area contributed by atoms with Crippen molar-refractivity contribution in [2.45, 2.75) is 26.4 Å². The third kappa shape index (κ3) is 3.80. The van der Waals surface area contributed by atoms with Gasteiger partial charge in [-0.3, -0.25) is 9.48 Å². The Morgan fingerprint density at radius 2 is 2.12 bits per heavy atom. The van der Waals surface area contributed by atoms with Crippen molar-refractivity contribution < 1.29 is 4.79 Å². The SMILES string of the molecule is Cc1nc(-c2ccc(Cl)cc2)sc1C(=O)NC(C)Cn1cncn1. The molecule has 3 aromatic rings. The van der Waals surface area contributed by atoms with Crippen LogP contribution in [0.3, 0.4) is 0 Å². The van der Waals surface area contributed by atoms with Gasteiger partial charge in [-0.2, -0.15) is 5.10 Å². The Morgan fingerprint density at radius 1 is 1.38 bits per heavy atom. The van der Waals surface area contributed by atoms with Gasteiger partial charge in [0, 0.05) is 16.6 Å². The normalized spacial score (nSPS) is 12.1. The van der Waals surface area contributed by atoms with Gasteiger partial charge < -0.3 is 5.32 Å². The number of nitrogens with one attached hydrogen (secondary N) is 1. The largest absolute Gasteiger partial charge is 0.347 e. The number of aromatic nitrogens is 4. The first-order valence-electron chi connectivity index (χ1n) is 7.39. The van der Waals surface area contributed by atoms with Crippen LogP contribution in [0.2, 0.25) is 5.02 Å². The van der Waals surface area contributed by atoms with Crippen molar-refractivity contribution in [3.05, 3.63) is 52.5 Å². The Hall–Kier alpha value is -2.25. The molecule has 8 heteroatoms. The van der Waals surface area contributed by atoms with E-state index in [1.54, 1.807) is 11.0 Å². The number of carbonyl (C=O) groups excluding carboxylic acids is 1. The Morgan fingerprint density at radius 3 is 2.79 bits per heavy atom.